The van der Waals surface area contributed by atoms with Crippen molar-refractivity contribution in [1.82, 2.24) is 29.5 Å². The maximum Gasteiger partial charge on any atom is 0.345 e. The van der Waals surface area contributed by atoms with Crippen LogP contribution in [-0.2, 0) is 11.3 Å². The van der Waals surface area contributed by atoms with Crippen molar-refractivity contribution in [3.63, 3.8) is 0 Å². The third-order valence-electron chi connectivity index (χ3n) is 6.42. The van der Waals surface area contributed by atoms with E-state index in [1.165, 1.54) is 11.7 Å². The number of imidazole rings is 1. The van der Waals surface area contributed by atoms with E-state index in [4.69, 9.17) is 4.74 Å². The Balaban J connectivity index is 1.43. The van der Waals surface area contributed by atoms with Crippen LogP contribution in [0.3, 0.4) is 0 Å². The summed E-state index contributed by atoms with van der Waals surface area (Å²) in [7, 11) is 1.50. The van der Waals surface area contributed by atoms with Gasteiger partial charge in [-0.2, -0.15) is 18.7 Å². The fourth-order valence-corrected chi connectivity index (χ4v) is 4.75. The number of pyridine rings is 1. The van der Waals surface area contributed by atoms with E-state index in [9.17, 15) is 17.6 Å². The van der Waals surface area contributed by atoms with Crippen molar-refractivity contribution >= 4 is 28.1 Å². The number of rotatable bonds is 8. The van der Waals surface area contributed by atoms with Crippen molar-refractivity contribution in [2.24, 2.45) is 0 Å². The zero-order valence-electron chi connectivity index (χ0n) is 19.6. The number of hydrogen-bond acceptors (Lipinski definition) is 7. The van der Waals surface area contributed by atoms with Gasteiger partial charge in [0.05, 0.1) is 30.7 Å². The fraction of sp³-hybridized carbons (Fsp3) is 0.478. The Morgan fingerprint density at radius 1 is 1.14 bits per heavy atom. The quantitative estimate of drug-likeness (QED) is 0.327. The number of anilines is 1. The summed E-state index contributed by atoms with van der Waals surface area (Å²) in [6.07, 6.45) is 2.72. The molecule has 5 rings (SSSR count). The third kappa shape index (κ3) is 4.79. The van der Waals surface area contributed by atoms with Crippen molar-refractivity contribution < 1.29 is 27.0 Å². The second-order valence-electron chi connectivity index (χ2n) is 8.72. The number of methoxy groups -OCH3 is 1. The molecule has 1 fully saturated rings. The highest BCUT2D eigenvalue weighted by molar-refractivity contribution is 5.98. The number of halogens is 4. The Morgan fingerprint density at radius 2 is 1.92 bits per heavy atom. The van der Waals surface area contributed by atoms with Crippen LogP contribution in [0.2, 0.25) is 0 Å². The van der Waals surface area contributed by atoms with Crippen LogP contribution in [-0.4, -0.2) is 61.8 Å². The highest BCUT2D eigenvalue weighted by Gasteiger charge is 2.25. The molecular formula is C23H25F4N7O2. The summed E-state index contributed by atoms with van der Waals surface area (Å²) in [4.78, 5) is 20.8. The summed E-state index contributed by atoms with van der Waals surface area (Å²) >= 11 is 0. The molecule has 36 heavy (non-hydrogen) atoms. The van der Waals surface area contributed by atoms with E-state index < -0.39 is 25.7 Å². The Morgan fingerprint density at radius 3 is 2.61 bits per heavy atom. The number of aromatic nitrogens is 6. The number of nitrogens with zero attached hydrogens (tertiary/aromatic N) is 5. The summed E-state index contributed by atoms with van der Waals surface area (Å²) in [6.45, 7) is -1.57. The van der Waals surface area contributed by atoms with Gasteiger partial charge in [0, 0.05) is 29.6 Å². The van der Waals surface area contributed by atoms with E-state index in [-0.39, 0.29) is 6.04 Å². The average Bonchev–Trinajstić information content (AvgIpc) is 3.40. The Kier molecular flexibility index (Phi) is 6.65. The van der Waals surface area contributed by atoms with Gasteiger partial charge in [-0.3, -0.25) is 0 Å². The second-order valence-corrected chi connectivity index (χ2v) is 8.72. The number of fused-ring (bicyclic) bond motifs is 2. The predicted molar refractivity (Wildman–Crippen MR) is 124 cm³/mol. The molecule has 4 aromatic heterocycles. The summed E-state index contributed by atoms with van der Waals surface area (Å²) in [5.41, 5.74) is 2.79. The first kappa shape index (κ1) is 24.2. The molecule has 4 heterocycles. The lowest BCUT2D eigenvalue weighted by molar-refractivity contribution is -0.169. The Hall–Kier alpha value is -3.48. The van der Waals surface area contributed by atoms with Crippen LogP contribution >= 0.6 is 0 Å². The van der Waals surface area contributed by atoms with E-state index >= 15 is 0 Å². The lowest BCUT2D eigenvalue weighted by Gasteiger charge is -2.28. The van der Waals surface area contributed by atoms with Crippen molar-refractivity contribution in [1.29, 1.82) is 0 Å². The average molecular weight is 507 g/mol. The summed E-state index contributed by atoms with van der Waals surface area (Å²) in [5.74, 6) is 1.14. The highest BCUT2D eigenvalue weighted by atomic mass is 19.3. The van der Waals surface area contributed by atoms with Gasteiger partial charge in [-0.15, -0.1) is 0 Å². The van der Waals surface area contributed by atoms with Crippen LogP contribution < -0.4 is 10.1 Å². The maximum absolute atomic E-state index is 13.1. The normalized spacial score (nSPS) is 18.6. The van der Waals surface area contributed by atoms with Crippen LogP contribution in [0.15, 0.2) is 18.5 Å². The number of aromatic amines is 1. The van der Waals surface area contributed by atoms with Gasteiger partial charge in [-0.05, 0) is 38.7 Å². The van der Waals surface area contributed by atoms with E-state index in [1.54, 1.807) is 25.4 Å². The first-order valence-electron chi connectivity index (χ1n) is 11.6. The van der Waals surface area contributed by atoms with Gasteiger partial charge < -0.3 is 24.3 Å². The molecule has 9 nitrogen and oxygen atoms in total. The molecule has 1 saturated carbocycles. The van der Waals surface area contributed by atoms with Gasteiger partial charge in [-0.1, -0.05) is 0 Å². The van der Waals surface area contributed by atoms with Crippen LogP contribution in [0.4, 0.5) is 23.5 Å². The number of H-pyrrole nitrogens is 1. The van der Waals surface area contributed by atoms with E-state index in [0.29, 0.717) is 76.7 Å². The third-order valence-corrected chi connectivity index (χ3v) is 6.42. The second kappa shape index (κ2) is 9.88. The standard InChI is InChI=1S/C23H25F4N7O2/c1-11-30-19-16(34(11)10-17(24)25)7-12(8-28-19)15-9-29-20-18(15)21(35-2)33-23(32-20)31-13-3-5-14(6-4-13)36-22(26)27/h7-9,13-14,17,22H,3-6,10H2,1-2H3,(H2,29,31,32,33)/t13-,14+. The number of aryl methyl sites for hydroxylation is 1. The molecule has 0 saturated heterocycles. The maximum atomic E-state index is 13.1. The molecule has 4 aromatic rings. The Bertz CT molecular complexity index is 1370. The minimum Gasteiger partial charge on any atom is -0.480 e. The lowest BCUT2D eigenvalue weighted by atomic mass is 9.93. The molecule has 0 bridgehead atoms. The SMILES string of the molecule is COc1nc(N[C@H]2CC[C@@H](OC(F)F)CC2)nc2[nH]cc(-c3cnc4nc(C)n(CC(F)F)c4c3)c12. The molecule has 0 aromatic carbocycles. The number of alkyl halides is 4. The largest absolute Gasteiger partial charge is 0.480 e. The molecule has 0 radical (unpaired) electrons. The minimum absolute atomic E-state index is 0.0177. The molecule has 1 aliphatic carbocycles. The minimum atomic E-state index is -2.76. The first-order chi connectivity index (χ1) is 17.3. The summed E-state index contributed by atoms with van der Waals surface area (Å²) in [6, 6.07) is 1.78. The molecule has 0 unspecified atom stereocenters. The van der Waals surface area contributed by atoms with E-state index in [0.717, 1.165) is 0 Å². The van der Waals surface area contributed by atoms with Gasteiger partial charge in [0.25, 0.3) is 6.43 Å². The van der Waals surface area contributed by atoms with Crippen LogP contribution in [0, 0.1) is 6.92 Å². The van der Waals surface area contributed by atoms with Crippen molar-refractivity contribution in [3.05, 3.63) is 24.3 Å². The van der Waals surface area contributed by atoms with Crippen LogP contribution in [0.1, 0.15) is 31.5 Å². The zero-order valence-corrected chi connectivity index (χ0v) is 19.6. The van der Waals surface area contributed by atoms with Crippen LogP contribution in [0.5, 0.6) is 5.88 Å². The number of hydrogen-bond donors (Lipinski definition) is 2. The van der Waals surface area contributed by atoms with Crippen molar-refractivity contribution in [2.75, 3.05) is 12.4 Å². The fourth-order valence-electron chi connectivity index (χ4n) is 4.75. The van der Waals surface area contributed by atoms with Gasteiger partial charge in [0.15, 0.2) is 5.65 Å². The van der Waals surface area contributed by atoms with Crippen molar-refractivity contribution in [3.8, 4) is 17.0 Å². The molecule has 0 aliphatic heterocycles. The predicted octanol–water partition coefficient (Wildman–Crippen LogP) is 4.91. The zero-order chi connectivity index (χ0) is 25.4. The van der Waals surface area contributed by atoms with Gasteiger partial charge >= 0.3 is 6.61 Å². The number of nitrogens with one attached hydrogen (secondary N) is 2. The van der Waals surface area contributed by atoms with Gasteiger partial charge in [-0.25, -0.2) is 18.7 Å². The smallest absolute Gasteiger partial charge is 0.345 e. The Labute approximate surface area is 203 Å². The molecule has 1 aliphatic rings. The highest BCUT2D eigenvalue weighted by Crippen LogP contribution is 2.35. The van der Waals surface area contributed by atoms with E-state index in [1.807, 2.05) is 0 Å². The van der Waals surface area contributed by atoms with Gasteiger partial charge in [0.1, 0.15) is 11.5 Å². The molecule has 192 valence electrons. The molecule has 0 amide bonds. The number of ether oxygens (including phenoxy) is 2. The molecule has 13 heteroatoms. The van der Waals surface area contributed by atoms with Crippen LogP contribution in [0.25, 0.3) is 33.3 Å². The molecule has 0 atom stereocenters. The first-order valence-corrected chi connectivity index (χ1v) is 11.6. The van der Waals surface area contributed by atoms with E-state index in [2.05, 4.69) is 35.0 Å². The molecule has 0 spiro atoms. The molecule has 2 N–H and O–H groups in total. The monoisotopic (exact) mass is 507 g/mol. The summed E-state index contributed by atoms with van der Waals surface area (Å²) in [5, 5.41) is 3.88. The van der Waals surface area contributed by atoms with Gasteiger partial charge in [0.2, 0.25) is 11.8 Å². The van der Waals surface area contributed by atoms with Crippen molar-refractivity contribution in [2.45, 2.75) is 64.3 Å². The topological polar surface area (TPSA) is 103 Å². The molecular weight excluding hydrogens is 482 g/mol. The lowest BCUT2D eigenvalue weighted by Crippen LogP contribution is -2.31. The summed E-state index contributed by atoms with van der Waals surface area (Å²) < 4.78 is 62.8.